The molecule has 0 aliphatic heterocycles. The smallest absolute Gasteiger partial charge is 0.303 e. The molecule has 2 N–H and O–H groups in total. The lowest BCUT2D eigenvalue weighted by atomic mass is 9.98. The molecule has 3 nitrogen and oxygen atoms in total. The van der Waals surface area contributed by atoms with Gasteiger partial charge in [-0.1, -0.05) is 11.6 Å². The lowest BCUT2D eigenvalue weighted by Gasteiger charge is -2.11. The van der Waals surface area contributed by atoms with Gasteiger partial charge in [0.05, 0.1) is 5.02 Å². The van der Waals surface area contributed by atoms with Crippen molar-refractivity contribution in [3.63, 3.8) is 0 Å². The summed E-state index contributed by atoms with van der Waals surface area (Å²) in [5.41, 5.74) is 2.53. The Morgan fingerprint density at radius 2 is 2.07 bits per heavy atom. The largest absolute Gasteiger partial charge is 0.506 e. The number of hydrogen-bond donors (Lipinski definition) is 2. The van der Waals surface area contributed by atoms with Gasteiger partial charge >= 0.3 is 5.97 Å². The number of carboxylic acid groups (broad SMARTS) is 1. The van der Waals surface area contributed by atoms with Crippen LogP contribution in [0.15, 0.2) is 6.07 Å². The predicted octanol–water partition coefficient (Wildman–Crippen LogP) is 2.68. The van der Waals surface area contributed by atoms with Crippen LogP contribution in [0.25, 0.3) is 0 Å². The van der Waals surface area contributed by atoms with E-state index in [0.717, 1.165) is 16.7 Å². The monoisotopic (exact) mass is 228 g/mol. The first-order valence-electron chi connectivity index (χ1n) is 4.62. The molecule has 0 bridgehead atoms. The third kappa shape index (κ3) is 2.63. The lowest BCUT2D eigenvalue weighted by molar-refractivity contribution is -0.136. The number of carboxylic acids is 1. The zero-order chi connectivity index (χ0) is 11.6. The van der Waals surface area contributed by atoms with Crippen molar-refractivity contribution in [3.8, 4) is 5.75 Å². The summed E-state index contributed by atoms with van der Waals surface area (Å²) in [6, 6.07) is 1.56. The molecule has 0 heterocycles. The number of aliphatic carboxylic acids is 1. The van der Waals surface area contributed by atoms with E-state index in [1.807, 2.05) is 6.92 Å². The summed E-state index contributed by atoms with van der Waals surface area (Å²) in [5, 5.41) is 18.3. The minimum Gasteiger partial charge on any atom is -0.506 e. The highest BCUT2D eigenvalue weighted by Crippen LogP contribution is 2.32. The minimum atomic E-state index is -0.835. The van der Waals surface area contributed by atoms with E-state index >= 15 is 0 Å². The van der Waals surface area contributed by atoms with Crippen LogP contribution >= 0.6 is 11.6 Å². The molecule has 0 atom stereocenters. The first-order valence-corrected chi connectivity index (χ1v) is 5.00. The van der Waals surface area contributed by atoms with E-state index in [1.54, 1.807) is 13.0 Å². The number of carbonyl (C=O) groups is 1. The molecule has 0 aliphatic rings. The maximum atomic E-state index is 10.5. The Hall–Kier alpha value is -1.22. The topological polar surface area (TPSA) is 57.5 Å². The maximum Gasteiger partial charge on any atom is 0.303 e. The van der Waals surface area contributed by atoms with Crippen molar-refractivity contribution in [2.24, 2.45) is 0 Å². The van der Waals surface area contributed by atoms with E-state index < -0.39 is 5.97 Å². The second-order valence-electron chi connectivity index (χ2n) is 3.52. The highest BCUT2D eigenvalue weighted by molar-refractivity contribution is 6.32. The fourth-order valence-electron chi connectivity index (χ4n) is 1.59. The second-order valence-corrected chi connectivity index (χ2v) is 3.90. The van der Waals surface area contributed by atoms with Gasteiger partial charge in [0, 0.05) is 6.42 Å². The summed E-state index contributed by atoms with van der Waals surface area (Å²) in [4.78, 5) is 10.5. The molecule has 0 saturated carbocycles. The van der Waals surface area contributed by atoms with Crippen molar-refractivity contribution >= 4 is 17.6 Å². The standard InChI is InChI=1S/C11H13ClO3/c1-6-5-9(13)11(12)7(2)8(6)3-4-10(14)15/h5,13H,3-4H2,1-2H3,(H,14,15). The van der Waals surface area contributed by atoms with Crippen LogP contribution < -0.4 is 0 Å². The van der Waals surface area contributed by atoms with Crippen LogP contribution in [-0.4, -0.2) is 16.2 Å². The van der Waals surface area contributed by atoms with Crippen LogP contribution in [0.5, 0.6) is 5.75 Å². The van der Waals surface area contributed by atoms with Gasteiger partial charge in [-0.2, -0.15) is 0 Å². The quantitative estimate of drug-likeness (QED) is 0.836. The van der Waals surface area contributed by atoms with Gasteiger partial charge in [-0.05, 0) is 43.0 Å². The maximum absolute atomic E-state index is 10.5. The molecule has 1 rings (SSSR count). The SMILES string of the molecule is Cc1cc(O)c(Cl)c(C)c1CCC(=O)O. The third-order valence-electron chi connectivity index (χ3n) is 2.42. The first-order chi connectivity index (χ1) is 6.93. The fourth-order valence-corrected chi connectivity index (χ4v) is 1.76. The zero-order valence-corrected chi connectivity index (χ0v) is 9.43. The van der Waals surface area contributed by atoms with Gasteiger partial charge in [0.2, 0.25) is 0 Å². The van der Waals surface area contributed by atoms with Gasteiger partial charge in [-0.3, -0.25) is 4.79 Å². The van der Waals surface area contributed by atoms with E-state index in [2.05, 4.69) is 0 Å². The number of hydrogen-bond acceptors (Lipinski definition) is 2. The molecule has 82 valence electrons. The summed E-state index contributed by atoms with van der Waals surface area (Å²) < 4.78 is 0. The average molecular weight is 229 g/mol. The van der Waals surface area contributed by atoms with Crippen molar-refractivity contribution < 1.29 is 15.0 Å². The van der Waals surface area contributed by atoms with Gasteiger partial charge in [-0.15, -0.1) is 0 Å². The molecule has 0 aromatic heterocycles. The van der Waals surface area contributed by atoms with Gasteiger partial charge in [-0.25, -0.2) is 0 Å². The average Bonchev–Trinajstić information content (AvgIpc) is 2.14. The number of rotatable bonds is 3. The van der Waals surface area contributed by atoms with Crippen molar-refractivity contribution in [2.75, 3.05) is 0 Å². The predicted molar refractivity (Wildman–Crippen MR) is 58.5 cm³/mol. The Kier molecular flexibility index (Phi) is 3.58. The molecule has 1 aromatic rings. The lowest BCUT2D eigenvalue weighted by Crippen LogP contribution is -2.01. The van der Waals surface area contributed by atoms with Crippen LogP contribution in [0, 0.1) is 13.8 Å². The molecule has 0 aliphatic carbocycles. The summed E-state index contributed by atoms with van der Waals surface area (Å²) in [6.07, 6.45) is 0.510. The summed E-state index contributed by atoms with van der Waals surface area (Å²) in [6.45, 7) is 3.62. The fraction of sp³-hybridized carbons (Fsp3) is 0.364. The molecular weight excluding hydrogens is 216 g/mol. The molecule has 0 spiro atoms. The highest BCUT2D eigenvalue weighted by Gasteiger charge is 2.11. The van der Waals surface area contributed by atoms with E-state index in [1.165, 1.54) is 0 Å². The zero-order valence-electron chi connectivity index (χ0n) is 8.67. The Morgan fingerprint density at radius 3 is 2.60 bits per heavy atom. The Bertz CT molecular complexity index is 399. The number of aromatic hydroxyl groups is 1. The van der Waals surface area contributed by atoms with E-state index in [0.29, 0.717) is 11.4 Å². The number of benzene rings is 1. The van der Waals surface area contributed by atoms with Gasteiger partial charge in [0.1, 0.15) is 5.75 Å². The molecule has 0 saturated heterocycles. The van der Waals surface area contributed by atoms with Crippen LogP contribution in [0.1, 0.15) is 23.1 Å². The van der Waals surface area contributed by atoms with Crippen LogP contribution in [0.4, 0.5) is 0 Å². The minimum absolute atomic E-state index is 0.0470. The van der Waals surface area contributed by atoms with E-state index in [-0.39, 0.29) is 12.2 Å². The van der Waals surface area contributed by atoms with Crippen LogP contribution in [-0.2, 0) is 11.2 Å². The first kappa shape index (κ1) is 11.9. The van der Waals surface area contributed by atoms with Crippen molar-refractivity contribution in [3.05, 3.63) is 27.8 Å². The number of aryl methyl sites for hydroxylation is 1. The molecular formula is C11H13ClO3. The number of phenolic OH excluding ortho intramolecular Hbond substituents is 1. The molecule has 1 aromatic carbocycles. The van der Waals surface area contributed by atoms with Crippen molar-refractivity contribution in [1.29, 1.82) is 0 Å². The second kappa shape index (κ2) is 4.53. The van der Waals surface area contributed by atoms with Crippen LogP contribution in [0.2, 0.25) is 5.02 Å². The number of phenols is 1. The van der Waals surface area contributed by atoms with Gasteiger partial charge in [0.25, 0.3) is 0 Å². The molecule has 0 amide bonds. The summed E-state index contributed by atoms with van der Waals surface area (Å²) in [7, 11) is 0. The van der Waals surface area contributed by atoms with E-state index in [9.17, 15) is 9.90 Å². The summed E-state index contributed by atoms with van der Waals surface area (Å²) in [5.74, 6) is -0.788. The normalized spacial score (nSPS) is 10.3. The molecule has 0 fully saturated rings. The summed E-state index contributed by atoms with van der Waals surface area (Å²) >= 11 is 5.87. The Balaban J connectivity index is 3.07. The molecule has 0 radical (unpaired) electrons. The van der Waals surface area contributed by atoms with Crippen LogP contribution in [0.3, 0.4) is 0 Å². The third-order valence-corrected chi connectivity index (χ3v) is 2.90. The Morgan fingerprint density at radius 1 is 1.47 bits per heavy atom. The van der Waals surface area contributed by atoms with Gasteiger partial charge in [0.15, 0.2) is 0 Å². The van der Waals surface area contributed by atoms with Crippen molar-refractivity contribution in [1.82, 2.24) is 0 Å². The number of halogens is 1. The van der Waals surface area contributed by atoms with Gasteiger partial charge < -0.3 is 10.2 Å². The molecule has 0 unspecified atom stereocenters. The molecule has 15 heavy (non-hydrogen) atoms. The van der Waals surface area contributed by atoms with Crippen molar-refractivity contribution in [2.45, 2.75) is 26.7 Å². The highest BCUT2D eigenvalue weighted by atomic mass is 35.5. The molecule has 4 heteroatoms. The Labute approximate surface area is 93.3 Å². The van der Waals surface area contributed by atoms with E-state index in [4.69, 9.17) is 16.7 Å².